The van der Waals surface area contributed by atoms with Gasteiger partial charge in [0.25, 0.3) is 0 Å². The Labute approximate surface area is 166 Å². The first kappa shape index (κ1) is 16.2. The van der Waals surface area contributed by atoms with Crippen LogP contribution in [0.1, 0.15) is 37.1 Å². The smallest absolute Gasteiger partial charge is 0.345 e. The van der Waals surface area contributed by atoms with Gasteiger partial charge in [-0.1, -0.05) is 17.3 Å². The normalized spacial score (nSPS) is 22.2. The Morgan fingerprint density at radius 2 is 2.00 bits per heavy atom. The predicted octanol–water partition coefficient (Wildman–Crippen LogP) is 2.32. The number of aliphatic imine (C=N–C) groups is 1. The van der Waals surface area contributed by atoms with Gasteiger partial charge in [-0.3, -0.25) is 4.42 Å². The van der Waals surface area contributed by atoms with Crippen molar-refractivity contribution in [3.8, 4) is 0 Å². The van der Waals surface area contributed by atoms with Gasteiger partial charge in [0, 0.05) is 17.3 Å². The highest BCUT2D eigenvalue weighted by molar-refractivity contribution is 6.15. The molecule has 1 fully saturated rings. The highest BCUT2D eigenvalue weighted by atomic mass is 35.5. The zero-order valence-corrected chi connectivity index (χ0v) is 15.7. The number of fused-ring (bicyclic) bond motifs is 6. The minimum atomic E-state index is -0.995. The van der Waals surface area contributed by atoms with Crippen molar-refractivity contribution in [1.82, 2.24) is 19.6 Å². The van der Waals surface area contributed by atoms with Crippen molar-refractivity contribution in [3.05, 3.63) is 47.7 Å². The first-order chi connectivity index (χ1) is 13.6. The molecule has 1 aliphatic carbocycles. The number of hydrogen-bond donors (Lipinski definition) is 1. The van der Waals surface area contributed by atoms with Crippen LogP contribution >= 0.6 is 11.8 Å². The third-order valence-electron chi connectivity index (χ3n) is 5.74. The summed E-state index contributed by atoms with van der Waals surface area (Å²) in [6.45, 7) is 0.873. The standard InChI is InChI=1S/C18H18ClN7O2/c19-23-9-14-24(11-23)13-6-2-1-5-12(13)15-20-10-25(26(14)15)17-21-16(22-28-17)18(27)7-3-4-8-18/h1-2,5-6,9,27H,3-4,7-8,10-11H2. The summed E-state index contributed by atoms with van der Waals surface area (Å²) in [6.07, 6.45) is 5.10. The van der Waals surface area contributed by atoms with Crippen LogP contribution in [0.5, 0.6) is 0 Å². The van der Waals surface area contributed by atoms with Gasteiger partial charge in [-0.05, 0) is 37.8 Å². The number of halogens is 1. The molecule has 0 unspecified atom stereocenters. The van der Waals surface area contributed by atoms with Crippen LogP contribution in [0.3, 0.4) is 0 Å². The van der Waals surface area contributed by atoms with E-state index in [2.05, 4.69) is 21.1 Å². The second-order valence-corrected chi connectivity index (χ2v) is 7.88. The summed E-state index contributed by atoms with van der Waals surface area (Å²) in [5.41, 5.74) is 1.08. The maximum atomic E-state index is 10.8. The molecule has 1 saturated carbocycles. The highest BCUT2D eigenvalue weighted by Crippen LogP contribution is 2.42. The molecule has 0 spiro atoms. The second kappa shape index (κ2) is 5.62. The summed E-state index contributed by atoms with van der Waals surface area (Å²) in [6, 6.07) is 8.40. The van der Waals surface area contributed by atoms with Gasteiger partial charge in [-0.25, -0.2) is 15.0 Å². The highest BCUT2D eigenvalue weighted by Gasteiger charge is 2.44. The van der Waals surface area contributed by atoms with Gasteiger partial charge in [-0.15, -0.1) is 0 Å². The van der Waals surface area contributed by atoms with E-state index in [4.69, 9.17) is 21.3 Å². The largest absolute Gasteiger partial charge is 0.382 e. The van der Waals surface area contributed by atoms with Gasteiger partial charge < -0.3 is 14.5 Å². The molecule has 1 aromatic heterocycles. The van der Waals surface area contributed by atoms with Gasteiger partial charge in [0.05, 0.1) is 11.9 Å². The predicted molar refractivity (Wildman–Crippen MR) is 102 cm³/mol. The van der Waals surface area contributed by atoms with E-state index in [1.54, 1.807) is 4.42 Å². The number of amidine groups is 1. The Morgan fingerprint density at radius 3 is 2.86 bits per heavy atom. The van der Waals surface area contributed by atoms with E-state index in [0.29, 0.717) is 38.0 Å². The number of rotatable bonds is 2. The molecule has 28 heavy (non-hydrogen) atoms. The van der Waals surface area contributed by atoms with E-state index in [1.807, 2.05) is 34.4 Å². The molecule has 1 aromatic carbocycles. The molecule has 0 radical (unpaired) electrons. The van der Waals surface area contributed by atoms with E-state index < -0.39 is 5.60 Å². The average Bonchev–Trinajstić information content (AvgIpc) is 3.46. The molecule has 4 heterocycles. The van der Waals surface area contributed by atoms with E-state index in [1.165, 1.54) is 0 Å². The van der Waals surface area contributed by atoms with Crippen LogP contribution in [0.4, 0.5) is 11.7 Å². The lowest BCUT2D eigenvalue weighted by Crippen LogP contribution is -2.49. The summed E-state index contributed by atoms with van der Waals surface area (Å²) in [5, 5.41) is 18.6. The minimum absolute atomic E-state index is 0.308. The fraction of sp³-hybridized carbons (Fsp3) is 0.389. The fourth-order valence-electron chi connectivity index (χ4n) is 4.36. The van der Waals surface area contributed by atoms with E-state index in [0.717, 1.165) is 35.7 Å². The van der Waals surface area contributed by atoms with Crippen LogP contribution in [-0.2, 0) is 5.60 Å². The van der Waals surface area contributed by atoms with Crippen molar-refractivity contribution in [2.24, 2.45) is 4.99 Å². The number of para-hydroxylation sites is 1. The minimum Gasteiger partial charge on any atom is -0.382 e. The van der Waals surface area contributed by atoms with Crippen molar-refractivity contribution in [2.75, 3.05) is 23.2 Å². The monoisotopic (exact) mass is 399 g/mol. The Morgan fingerprint density at radius 1 is 1.18 bits per heavy atom. The summed E-state index contributed by atoms with van der Waals surface area (Å²) in [5.74, 6) is 2.02. The van der Waals surface area contributed by atoms with Crippen LogP contribution in [0.25, 0.3) is 0 Å². The third kappa shape index (κ3) is 2.14. The molecule has 6 rings (SSSR count). The Hall–Kier alpha value is -2.78. The van der Waals surface area contributed by atoms with Crippen LogP contribution in [-0.4, -0.2) is 43.8 Å². The van der Waals surface area contributed by atoms with Crippen molar-refractivity contribution < 1.29 is 9.63 Å². The maximum absolute atomic E-state index is 10.8. The third-order valence-corrected chi connectivity index (χ3v) is 5.95. The zero-order valence-electron chi connectivity index (χ0n) is 15.0. The van der Waals surface area contributed by atoms with Crippen LogP contribution in [0.15, 0.2) is 45.8 Å². The van der Waals surface area contributed by atoms with Crippen molar-refractivity contribution in [2.45, 2.75) is 31.3 Å². The van der Waals surface area contributed by atoms with Gasteiger partial charge in [0.15, 0.2) is 11.7 Å². The first-order valence-corrected chi connectivity index (χ1v) is 9.68. The van der Waals surface area contributed by atoms with E-state index in [9.17, 15) is 5.11 Å². The van der Waals surface area contributed by atoms with Gasteiger partial charge in [0.2, 0.25) is 5.82 Å². The summed E-state index contributed by atoms with van der Waals surface area (Å²) in [7, 11) is 0. The molecule has 3 aliphatic heterocycles. The summed E-state index contributed by atoms with van der Waals surface area (Å²) in [4.78, 5) is 11.3. The Kier molecular flexibility index (Phi) is 3.25. The number of nitrogens with zero attached hydrogens (tertiary/aromatic N) is 7. The second-order valence-electron chi connectivity index (χ2n) is 7.45. The van der Waals surface area contributed by atoms with Crippen molar-refractivity contribution >= 4 is 29.3 Å². The SMILES string of the molecule is OC1(c2noc(N3CN=C4c5ccccc5N5CN(Cl)C=C5N43)n2)CCCC1. The number of benzene rings is 1. The molecule has 0 atom stereocenters. The van der Waals surface area contributed by atoms with Crippen LogP contribution < -0.4 is 9.91 Å². The number of aliphatic hydroxyl groups is 1. The molecule has 2 aromatic rings. The maximum Gasteiger partial charge on any atom is 0.345 e. The number of aromatic nitrogens is 2. The zero-order chi connectivity index (χ0) is 18.9. The Bertz CT molecular complexity index is 1010. The van der Waals surface area contributed by atoms with Gasteiger partial charge in [-0.2, -0.15) is 4.98 Å². The average molecular weight is 400 g/mol. The quantitative estimate of drug-likeness (QED) is 0.770. The van der Waals surface area contributed by atoms with E-state index >= 15 is 0 Å². The molecular formula is C18H18ClN7O2. The van der Waals surface area contributed by atoms with Gasteiger partial charge >= 0.3 is 6.01 Å². The molecule has 10 heteroatoms. The fourth-order valence-corrected chi connectivity index (χ4v) is 4.55. The first-order valence-electron chi connectivity index (χ1n) is 9.34. The molecular weight excluding hydrogens is 382 g/mol. The number of hydrazine groups is 1. The lowest BCUT2D eigenvalue weighted by Gasteiger charge is -2.38. The molecule has 0 bridgehead atoms. The van der Waals surface area contributed by atoms with E-state index in [-0.39, 0.29) is 0 Å². The number of anilines is 2. The van der Waals surface area contributed by atoms with Gasteiger partial charge in [0.1, 0.15) is 18.9 Å². The topological polar surface area (TPSA) is 84.5 Å². The van der Waals surface area contributed by atoms with Crippen LogP contribution in [0, 0.1) is 0 Å². The molecule has 1 N–H and O–H groups in total. The van der Waals surface area contributed by atoms with Crippen LogP contribution in [0.2, 0.25) is 0 Å². The molecule has 144 valence electrons. The molecule has 9 nitrogen and oxygen atoms in total. The summed E-state index contributed by atoms with van der Waals surface area (Å²) < 4.78 is 7.14. The molecule has 0 saturated heterocycles. The number of hydrogen-bond acceptors (Lipinski definition) is 9. The lowest BCUT2D eigenvalue weighted by atomic mass is 10.0. The lowest BCUT2D eigenvalue weighted by molar-refractivity contribution is 0.0328. The molecule has 0 amide bonds. The Balaban J connectivity index is 1.41. The summed E-state index contributed by atoms with van der Waals surface area (Å²) >= 11 is 6.29. The van der Waals surface area contributed by atoms with Crippen molar-refractivity contribution in [1.29, 1.82) is 0 Å². The molecule has 4 aliphatic rings. The van der Waals surface area contributed by atoms with Crippen molar-refractivity contribution in [3.63, 3.8) is 0 Å².